The van der Waals surface area contributed by atoms with E-state index in [1.807, 2.05) is 35.0 Å². The molecule has 0 saturated heterocycles. The molecule has 0 unspecified atom stereocenters. The zero-order valence-electron chi connectivity index (χ0n) is 14.3. The van der Waals surface area contributed by atoms with Gasteiger partial charge in [-0.1, -0.05) is 18.2 Å². The van der Waals surface area contributed by atoms with E-state index in [1.165, 1.54) is 18.3 Å². The maximum Gasteiger partial charge on any atom is 0.258 e. The van der Waals surface area contributed by atoms with Crippen molar-refractivity contribution in [2.45, 2.75) is 13.5 Å². The predicted molar refractivity (Wildman–Crippen MR) is 107 cm³/mol. The van der Waals surface area contributed by atoms with Gasteiger partial charge in [-0.15, -0.1) is 22.7 Å². The first-order valence-corrected chi connectivity index (χ1v) is 9.93. The van der Waals surface area contributed by atoms with Crippen molar-refractivity contribution in [1.82, 2.24) is 10.3 Å². The molecule has 2 amide bonds. The SMILES string of the molecule is CC(=O)NCc1ccc(-c2csc(NC(=O)c3csc4ccccc34)n2)o1. The normalized spacial score (nSPS) is 10.9. The van der Waals surface area contributed by atoms with Crippen LogP contribution in [-0.2, 0) is 11.3 Å². The highest BCUT2D eigenvalue weighted by Crippen LogP contribution is 2.29. The van der Waals surface area contributed by atoms with Crippen molar-refractivity contribution in [3.63, 3.8) is 0 Å². The van der Waals surface area contributed by atoms with Crippen LogP contribution in [0.5, 0.6) is 0 Å². The molecule has 8 heteroatoms. The molecule has 136 valence electrons. The van der Waals surface area contributed by atoms with Crippen LogP contribution in [0.15, 0.2) is 51.6 Å². The van der Waals surface area contributed by atoms with Crippen LogP contribution < -0.4 is 10.6 Å². The summed E-state index contributed by atoms with van der Waals surface area (Å²) in [6, 6.07) is 11.4. The number of carbonyl (C=O) groups excluding carboxylic acids is 2. The molecule has 27 heavy (non-hydrogen) atoms. The Balaban J connectivity index is 1.48. The van der Waals surface area contributed by atoms with Crippen molar-refractivity contribution in [2.24, 2.45) is 0 Å². The van der Waals surface area contributed by atoms with Crippen molar-refractivity contribution in [1.29, 1.82) is 0 Å². The molecule has 0 aliphatic rings. The van der Waals surface area contributed by atoms with E-state index in [4.69, 9.17) is 4.42 Å². The highest BCUT2D eigenvalue weighted by molar-refractivity contribution is 7.17. The summed E-state index contributed by atoms with van der Waals surface area (Å²) in [5.74, 6) is 0.934. The van der Waals surface area contributed by atoms with Crippen molar-refractivity contribution in [2.75, 3.05) is 5.32 Å². The Morgan fingerprint density at radius 1 is 1.11 bits per heavy atom. The number of rotatable bonds is 5. The minimum Gasteiger partial charge on any atom is -0.458 e. The Labute approximate surface area is 162 Å². The summed E-state index contributed by atoms with van der Waals surface area (Å²) in [6.07, 6.45) is 0. The summed E-state index contributed by atoms with van der Waals surface area (Å²) in [4.78, 5) is 28.0. The number of hydrogen-bond donors (Lipinski definition) is 2. The van der Waals surface area contributed by atoms with Gasteiger partial charge in [0.1, 0.15) is 11.5 Å². The Morgan fingerprint density at radius 2 is 1.96 bits per heavy atom. The molecule has 0 aliphatic carbocycles. The summed E-state index contributed by atoms with van der Waals surface area (Å²) in [6.45, 7) is 1.78. The molecule has 0 bridgehead atoms. The lowest BCUT2D eigenvalue weighted by Gasteiger charge is -2.00. The number of carbonyl (C=O) groups is 2. The second-order valence-corrected chi connectivity index (χ2v) is 7.58. The van der Waals surface area contributed by atoms with Crippen LogP contribution in [0.1, 0.15) is 23.0 Å². The molecule has 3 aromatic heterocycles. The first-order chi connectivity index (χ1) is 13.1. The van der Waals surface area contributed by atoms with E-state index in [9.17, 15) is 9.59 Å². The largest absolute Gasteiger partial charge is 0.458 e. The van der Waals surface area contributed by atoms with E-state index in [0.717, 1.165) is 10.1 Å². The molecule has 0 radical (unpaired) electrons. The summed E-state index contributed by atoms with van der Waals surface area (Å²) in [7, 11) is 0. The van der Waals surface area contributed by atoms with Crippen LogP contribution in [0, 0.1) is 0 Å². The number of anilines is 1. The fraction of sp³-hybridized carbons (Fsp3) is 0.105. The number of fused-ring (bicyclic) bond motifs is 1. The summed E-state index contributed by atoms with van der Waals surface area (Å²) < 4.78 is 6.76. The van der Waals surface area contributed by atoms with Crippen LogP contribution in [0.2, 0.25) is 0 Å². The van der Waals surface area contributed by atoms with Crippen LogP contribution in [0.3, 0.4) is 0 Å². The van der Waals surface area contributed by atoms with Crippen LogP contribution in [-0.4, -0.2) is 16.8 Å². The quantitative estimate of drug-likeness (QED) is 0.519. The average molecular weight is 397 g/mol. The first kappa shape index (κ1) is 17.4. The Kier molecular flexibility index (Phi) is 4.74. The van der Waals surface area contributed by atoms with Crippen molar-refractivity contribution in [3.8, 4) is 11.5 Å². The highest BCUT2D eigenvalue weighted by atomic mass is 32.1. The Morgan fingerprint density at radius 3 is 2.81 bits per heavy atom. The average Bonchev–Trinajstić information content (AvgIpc) is 3.38. The fourth-order valence-electron chi connectivity index (χ4n) is 2.58. The number of furan rings is 1. The van der Waals surface area contributed by atoms with Crippen LogP contribution >= 0.6 is 22.7 Å². The second kappa shape index (κ2) is 7.34. The van der Waals surface area contributed by atoms with Gasteiger partial charge >= 0.3 is 0 Å². The van der Waals surface area contributed by atoms with Gasteiger partial charge in [-0.2, -0.15) is 0 Å². The summed E-state index contributed by atoms with van der Waals surface area (Å²) >= 11 is 2.87. The Bertz CT molecular complexity index is 1130. The summed E-state index contributed by atoms with van der Waals surface area (Å²) in [5, 5.41) is 10.7. The van der Waals surface area contributed by atoms with Crippen LogP contribution in [0.25, 0.3) is 21.5 Å². The van der Waals surface area contributed by atoms with Gasteiger partial charge in [0.15, 0.2) is 10.9 Å². The van der Waals surface area contributed by atoms with Gasteiger partial charge in [-0.25, -0.2) is 4.98 Å². The van der Waals surface area contributed by atoms with Gasteiger partial charge in [0.25, 0.3) is 5.91 Å². The molecule has 1 aromatic carbocycles. The number of thiazole rings is 1. The molecule has 0 spiro atoms. The maximum atomic E-state index is 12.6. The Hall–Kier alpha value is -2.97. The molecule has 0 aliphatic heterocycles. The van der Waals surface area contributed by atoms with Gasteiger partial charge in [0, 0.05) is 27.8 Å². The number of aromatic nitrogens is 1. The van der Waals surface area contributed by atoms with E-state index >= 15 is 0 Å². The van der Waals surface area contributed by atoms with Crippen molar-refractivity contribution < 1.29 is 14.0 Å². The zero-order chi connectivity index (χ0) is 18.8. The third-order valence-electron chi connectivity index (χ3n) is 3.88. The number of thiophene rings is 1. The monoisotopic (exact) mass is 397 g/mol. The van der Waals surface area contributed by atoms with Gasteiger partial charge < -0.3 is 9.73 Å². The van der Waals surface area contributed by atoms with E-state index in [1.54, 1.807) is 23.5 Å². The minimum atomic E-state index is -0.181. The van der Waals surface area contributed by atoms with Crippen LogP contribution in [0.4, 0.5) is 5.13 Å². The predicted octanol–water partition coefficient (Wildman–Crippen LogP) is 4.51. The molecule has 0 saturated carbocycles. The summed E-state index contributed by atoms with van der Waals surface area (Å²) in [5.41, 5.74) is 1.28. The minimum absolute atomic E-state index is 0.118. The van der Waals surface area contributed by atoms with E-state index in [2.05, 4.69) is 15.6 Å². The lowest BCUT2D eigenvalue weighted by Crippen LogP contribution is -2.18. The third-order valence-corrected chi connectivity index (χ3v) is 5.60. The highest BCUT2D eigenvalue weighted by Gasteiger charge is 2.15. The number of hydrogen-bond acceptors (Lipinski definition) is 6. The molecular formula is C19H15N3O3S2. The molecule has 4 aromatic rings. The topological polar surface area (TPSA) is 84.2 Å². The van der Waals surface area contributed by atoms with Crippen molar-refractivity contribution in [3.05, 3.63) is 58.5 Å². The molecule has 0 fully saturated rings. The molecule has 6 nitrogen and oxygen atoms in total. The van der Waals surface area contributed by atoms with Gasteiger partial charge in [0.2, 0.25) is 5.91 Å². The fourth-order valence-corrected chi connectivity index (χ4v) is 4.22. The first-order valence-electron chi connectivity index (χ1n) is 8.17. The number of nitrogens with one attached hydrogen (secondary N) is 2. The van der Waals surface area contributed by atoms with E-state index in [-0.39, 0.29) is 11.8 Å². The van der Waals surface area contributed by atoms with Gasteiger partial charge in [-0.05, 0) is 18.2 Å². The zero-order valence-corrected chi connectivity index (χ0v) is 15.9. The maximum absolute atomic E-state index is 12.6. The molecular weight excluding hydrogens is 382 g/mol. The lowest BCUT2D eigenvalue weighted by atomic mass is 10.2. The second-order valence-electron chi connectivity index (χ2n) is 5.81. The smallest absolute Gasteiger partial charge is 0.258 e. The molecule has 0 atom stereocenters. The van der Waals surface area contributed by atoms with Crippen molar-refractivity contribution >= 4 is 49.7 Å². The van der Waals surface area contributed by atoms with Gasteiger partial charge in [-0.3, -0.25) is 14.9 Å². The van der Waals surface area contributed by atoms with E-state index in [0.29, 0.717) is 34.5 Å². The molecule has 3 heterocycles. The number of amides is 2. The molecule has 2 N–H and O–H groups in total. The molecule has 4 rings (SSSR count). The lowest BCUT2D eigenvalue weighted by molar-refractivity contribution is -0.119. The standard InChI is InChI=1S/C19H15N3O3S2/c1-11(23)20-8-12-6-7-16(25-12)15-10-27-19(21-15)22-18(24)14-9-26-17-5-3-2-4-13(14)17/h2-7,9-10H,8H2,1H3,(H,20,23)(H,21,22,24). The third kappa shape index (κ3) is 3.76. The number of benzene rings is 1. The number of nitrogens with zero attached hydrogens (tertiary/aromatic N) is 1. The van der Waals surface area contributed by atoms with E-state index < -0.39 is 0 Å². The van der Waals surface area contributed by atoms with Gasteiger partial charge in [0.05, 0.1) is 12.1 Å².